The topological polar surface area (TPSA) is 71.1 Å². The van der Waals surface area contributed by atoms with E-state index in [-0.39, 0.29) is 5.91 Å². The van der Waals surface area contributed by atoms with Crippen molar-refractivity contribution in [2.75, 3.05) is 0 Å². The number of nitrogens with zero attached hydrogens (tertiary/aromatic N) is 1. The van der Waals surface area contributed by atoms with Gasteiger partial charge in [-0.1, -0.05) is 23.7 Å². The number of aromatic nitrogens is 1. The van der Waals surface area contributed by atoms with Crippen LogP contribution in [0.4, 0.5) is 0 Å². The zero-order chi connectivity index (χ0) is 19.9. The Balaban J connectivity index is 1.51. The largest absolute Gasteiger partial charge is 0.271 e. The fourth-order valence-electron chi connectivity index (χ4n) is 2.31. The summed E-state index contributed by atoms with van der Waals surface area (Å²) in [7, 11) is 0. The van der Waals surface area contributed by atoms with Gasteiger partial charge in [0.1, 0.15) is 0 Å². The van der Waals surface area contributed by atoms with Crippen LogP contribution in [0.3, 0.4) is 0 Å². The highest BCUT2D eigenvalue weighted by molar-refractivity contribution is 7.98. The molecule has 3 aromatic rings. The van der Waals surface area contributed by atoms with Gasteiger partial charge in [0.15, 0.2) is 0 Å². The molecule has 0 radical (unpaired) electrons. The van der Waals surface area contributed by atoms with Crippen LogP contribution in [-0.2, 0) is 5.75 Å². The number of benzene rings is 2. The second-order valence-corrected chi connectivity index (χ2v) is 7.52. The second kappa shape index (κ2) is 9.39. The molecule has 0 saturated carbocycles. The van der Waals surface area contributed by atoms with E-state index in [1.165, 1.54) is 6.20 Å². The fraction of sp³-hybridized carbons (Fsp3) is 0.0952. The number of thioether (sulfide) groups is 1. The van der Waals surface area contributed by atoms with Gasteiger partial charge in [-0.3, -0.25) is 25.4 Å². The highest BCUT2D eigenvalue weighted by atomic mass is 35.5. The first kappa shape index (κ1) is 19.9. The Morgan fingerprint density at radius 3 is 2.11 bits per heavy atom. The first-order valence-electron chi connectivity index (χ1n) is 8.52. The van der Waals surface area contributed by atoms with Gasteiger partial charge in [0.25, 0.3) is 11.8 Å². The molecule has 0 atom stereocenters. The van der Waals surface area contributed by atoms with Crippen molar-refractivity contribution in [3.63, 3.8) is 0 Å². The number of halogens is 1. The van der Waals surface area contributed by atoms with Crippen molar-refractivity contribution in [3.8, 4) is 0 Å². The first-order chi connectivity index (χ1) is 13.5. The molecule has 2 aromatic carbocycles. The van der Waals surface area contributed by atoms with Crippen LogP contribution in [0.5, 0.6) is 0 Å². The molecule has 1 heterocycles. The predicted molar refractivity (Wildman–Crippen MR) is 111 cm³/mol. The molecule has 3 rings (SSSR count). The quantitative estimate of drug-likeness (QED) is 0.482. The Morgan fingerprint density at radius 1 is 0.893 bits per heavy atom. The van der Waals surface area contributed by atoms with E-state index in [4.69, 9.17) is 11.6 Å². The molecular weight excluding hydrogens is 394 g/mol. The number of nitrogens with one attached hydrogen (secondary N) is 2. The second-order valence-electron chi connectivity index (χ2n) is 6.04. The molecule has 142 valence electrons. The molecule has 2 amide bonds. The Kier molecular flexibility index (Phi) is 6.68. The average Bonchev–Trinajstić information content (AvgIpc) is 2.72. The number of hydrogen-bond acceptors (Lipinski definition) is 4. The predicted octanol–water partition coefficient (Wildman–Crippen LogP) is 4.41. The standard InChI is InChI=1S/C21H18ClN3O2S/c1-14-2-5-17(12-23-14)21(27)25-24-20(26)16-6-3-15(4-7-16)13-28-19-10-8-18(22)9-11-19/h2-12H,13H2,1H3,(H,24,26)(H,25,27). The van der Waals surface area contributed by atoms with E-state index in [2.05, 4.69) is 15.8 Å². The summed E-state index contributed by atoms with van der Waals surface area (Å²) >= 11 is 7.57. The molecule has 0 aliphatic carbocycles. The molecule has 0 aliphatic rings. The lowest BCUT2D eigenvalue weighted by atomic mass is 10.1. The molecular formula is C21H18ClN3O2S. The molecule has 7 heteroatoms. The van der Waals surface area contributed by atoms with Crippen molar-refractivity contribution >= 4 is 35.2 Å². The van der Waals surface area contributed by atoms with E-state index in [1.807, 2.05) is 43.3 Å². The zero-order valence-corrected chi connectivity index (χ0v) is 16.7. The van der Waals surface area contributed by atoms with Crippen LogP contribution in [0.25, 0.3) is 0 Å². The minimum Gasteiger partial charge on any atom is -0.267 e. The van der Waals surface area contributed by atoms with Gasteiger partial charge < -0.3 is 0 Å². The molecule has 1 aromatic heterocycles. The minimum absolute atomic E-state index is 0.375. The van der Waals surface area contributed by atoms with Crippen LogP contribution < -0.4 is 10.9 Å². The van der Waals surface area contributed by atoms with Crippen molar-refractivity contribution < 1.29 is 9.59 Å². The minimum atomic E-state index is -0.420. The Bertz CT molecular complexity index is 958. The highest BCUT2D eigenvalue weighted by Gasteiger charge is 2.09. The summed E-state index contributed by atoms with van der Waals surface area (Å²) < 4.78 is 0. The lowest BCUT2D eigenvalue weighted by Crippen LogP contribution is -2.41. The van der Waals surface area contributed by atoms with Crippen LogP contribution in [0.2, 0.25) is 5.02 Å². The average molecular weight is 412 g/mol. The number of carbonyl (C=O) groups excluding carboxylic acids is 2. The molecule has 0 spiro atoms. The van der Waals surface area contributed by atoms with Gasteiger partial charge in [0.2, 0.25) is 0 Å². The lowest BCUT2D eigenvalue weighted by molar-refractivity contribution is 0.0846. The van der Waals surface area contributed by atoms with Crippen molar-refractivity contribution in [3.05, 3.63) is 94.3 Å². The lowest BCUT2D eigenvalue weighted by Gasteiger charge is -2.08. The number of aryl methyl sites for hydroxylation is 1. The van der Waals surface area contributed by atoms with Gasteiger partial charge in [-0.05, 0) is 61.0 Å². The SMILES string of the molecule is Cc1ccc(C(=O)NNC(=O)c2ccc(CSc3ccc(Cl)cc3)cc2)cn1. The maximum absolute atomic E-state index is 12.2. The van der Waals surface area contributed by atoms with Gasteiger partial charge in [-0.2, -0.15) is 0 Å². The third kappa shape index (κ3) is 5.58. The normalized spacial score (nSPS) is 10.4. The van der Waals surface area contributed by atoms with E-state index in [9.17, 15) is 9.59 Å². The van der Waals surface area contributed by atoms with E-state index in [0.717, 1.165) is 21.9 Å². The summed E-state index contributed by atoms with van der Waals surface area (Å²) in [4.78, 5) is 29.4. The summed E-state index contributed by atoms with van der Waals surface area (Å²) in [6.07, 6.45) is 1.46. The van der Waals surface area contributed by atoms with Gasteiger partial charge >= 0.3 is 0 Å². The maximum atomic E-state index is 12.2. The van der Waals surface area contributed by atoms with Gasteiger partial charge in [0.05, 0.1) is 5.56 Å². The van der Waals surface area contributed by atoms with E-state index < -0.39 is 5.91 Å². The molecule has 0 fully saturated rings. The number of hydrazine groups is 1. The summed E-state index contributed by atoms with van der Waals surface area (Å²) in [5, 5.41) is 0.713. The van der Waals surface area contributed by atoms with Crippen LogP contribution in [0, 0.1) is 6.92 Å². The van der Waals surface area contributed by atoms with Crippen LogP contribution in [0.1, 0.15) is 32.0 Å². The summed E-state index contributed by atoms with van der Waals surface area (Å²) in [5.74, 6) is -0.0251. The summed E-state index contributed by atoms with van der Waals surface area (Å²) in [5.41, 5.74) is 7.54. The van der Waals surface area contributed by atoms with E-state index in [0.29, 0.717) is 16.1 Å². The Labute approximate surface area is 172 Å². The number of pyridine rings is 1. The first-order valence-corrected chi connectivity index (χ1v) is 9.88. The zero-order valence-electron chi connectivity index (χ0n) is 15.1. The van der Waals surface area contributed by atoms with Crippen LogP contribution in [0.15, 0.2) is 71.8 Å². The van der Waals surface area contributed by atoms with Gasteiger partial charge in [-0.25, -0.2) is 0 Å². The highest BCUT2D eigenvalue weighted by Crippen LogP contribution is 2.24. The molecule has 0 saturated heterocycles. The van der Waals surface area contributed by atoms with Crippen molar-refractivity contribution in [2.24, 2.45) is 0 Å². The van der Waals surface area contributed by atoms with Crippen LogP contribution >= 0.6 is 23.4 Å². The molecule has 5 nitrogen and oxygen atoms in total. The molecule has 0 unspecified atom stereocenters. The number of carbonyl (C=O) groups is 2. The van der Waals surface area contributed by atoms with Crippen molar-refractivity contribution in [2.45, 2.75) is 17.6 Å². The molecule has 28 heavy (non-hydrogen) atoms. The molecule has 0 aliphatic heterocycles. The van der Waals surface area contributed by atoms with Gasteiger partial charge in [-0.15, -0.1) is 11.8 Å². The maximum Gasteiger partial charge on any atom is 0.271 e. The number of amides is 2. The Hall–Kier alpha value is -2.83. The number of rotatable bonds is 5. The smallest absolute Gasteiger partial charge is 0.267 e. The Morgan fingerprint density at radius 2 is 1.50 bits per heavy atom. The van der Waals surface area contributed by atoms with Crippen molar-refractivity contribution in [1.82, 2.24) is 15.8 Å². The van der Waals surface area contributed by atoms with Gasteiger partial charge in [0, 0.05) is 33.1 Å². The third-order valence-corrected chi connectivity index (χ3v) is 5.23. The van der Waals surface area contributed by atoms with Crippen LogP contribution in [-0.4, -0.2) is 16.8 Å². The summed E-state index contributed by atoms with van der Waals surface area (Å²) in [6.45, 7) is 1.83. The molecule has 2 N–H and O–H groups in total. The van der Waals surface area contributed by atoms with Crippen molar-refractivity contribution in [1.29, 1.82) is 0 Å². The third-order valence-electron chi connectivity index (χ3n) is 3.90. The van der Waals surface area contributed by atoms with E-state index >= 15 is 0 Å². The monoisotopic (exact) mass is 411 g/mol. The molecule has 0 bridgehead atoms. The van der Waals surface area contributed by atoms with E-state index in [1.54, 1.807) is 36.0 Å². The number of hydrogen-bond donors (Lipinski definition) is 2. The fourth-order valence-corrected chi connectivity index (χ4v) is 3.29. The summed E-state index contributed by atoms with van der Waals surface area (Å²) in [6, 6.07) is 18.3.